The van der Waals surface area contributed by atoms with E-state index in [0.717, 1.165) is 36.5 Å². The fourth-order valence-corrected chi connectivity index (χ4v) is 2.90. The van der Waals surface area contributed by atoms with Crippen molar-refractivity contribution in [1.29, 1.82) is 0 Å². The Kier molecular flexibility index (Phi) is 6.83. The highest BCUT2D eigenvalue weighted by atomic mass is 127. The molecule has 7 heteroatoms. The van der Waals surface area contributed by atoms with Crippen LogP contribution in [0.25, 0.3) is 5.69 Å². The lowest BCUT2D eigenvalue weighted by Crippen LogP contribution is -2.50. The summed E-state index contributed by atoms with van der Waals surface area (Å²) in [5, 5.41) is 17.9. The monoisotopic (exact) mass is 455 g/mol. The second-order valence-corrected chi connectivity index (χ2v) is 6.46. The van der Waals surface area contributed by atoms with Crippen molar-refractivity contribution in [3.63, 3.8) is 0 Å². The number of aliphatic hydroxyl groups is 1. The smallest absolute Gasteiger partial charge is 0.193 e. The number of nitrogens with zero attached hydrogens (tertiary/aromatic N) is 4. The van der Waals surface area contributed by atoms with Gasteiger partial charge < -0.3 is 15.3 Å². The first kappa shape index (κ1) is 19.7. The van der Waals surface area contributed by atoms with Crippen molar-refractivity contribution in [2.24, 2.45) is 4.99 Å². The van der Waals surface area contributed by atoms with Crippen LogP contribution in [0.1, 0.15) is 24.8 Å². The molecule has 1 saturated carbocycles. The predicted molar refractivity (Wildman–Crippen MR) is 111 cm³/mol. The fraction of sp³-hybridized carbons (Fsp3) is 0.444. The number of aromatic nitrogens is 2. The van der Waals surface area contributed by atoms with E-state index >= 15 is 0 Å². The SMILES string of the molecule is CN=C(NCC1(O)CCC1)N(C)Cc1cnn(-c2ccccc2)c1.I. The molecule has 0 atom stereocenters. The van der Waals surface area contributed by atoms with Gasteiger partial charge in [-0.05, 0) is 31.4 Å². The lowest BCUT2D eigenvalue weighted by Gasteiger charge is -2.37. The van der Waals surface area contributed by atoms with E-state index in [2.05, 4.69) is 15.4 Å². The molecule has 0 spiro atoms. The molecule has 1 aromatic heterocycles. The predicted octanol–water partition coefficient (Wildman–Crippen LogP) is 2.41. The van der Waals surface area contributed by atoms with Crippen molar-refractivity contribution in [3.8, 4) is 5.69 Å². The summed E-state index contributed by atoms with van der Waals surface area (Å²) < 4.78 is 1.87. The number of benzene rings is 1. The molecule has 0 bridgehead atoms. The molecular formula is C18H26IN5O. The topological polar surface area (TPSA) is 65.7 Å². The number of nitrogens with one attached hydrogen (secondary N) is 1. The Morgan fingerprint density at radius 1 is 1.36 bits per heavy atom. The molecule has 1 aliphatic carbocycles. The lowest BCUT2D eigenvalue weighted by atomic mass is 9.80. The molecular weight excluding hydrogens is 429 g/mol. The fourth-order valence-electron chi connectivity index (χ4n) is 2.90. The second-order valence-electron chi connectivity index (χ2n) is 6.46. The quantitative estimate of drug-likeness (QED) is 0.413. The molecule has 1 aliphatic rings. The molecule has 136 valence electrons. The van der Waals surface area contributed by atoms with Gasteiger partial charge in [0.1, 0.15) is 0 Å². The Labute approximate surface area is 166 Å². The van der Waals surface area contributed by atoms with Gasteiger partial charge in [-0.25, -0.2) is 4.68 Å². The van der Waals surface area contributed by atoms with Crippen molar-refractivity contribution in [3.05, 3.63) is 48.3 Å². The van der Waals surface area contributed by atoms with Gasteiger partial charge in [0.25, 0.3) is 0 Å². The van der Waals surface area contributed by atoms with Crippen molar-refractivity contribution >= 4 is 29.9 Å². The van der Waals surface area contributed by atoms with E-state index in [1.165, 1.54) is 0 Å². The minimum Gasteiger partial charge on any atom is -0.388 e. The third-order valence-corrected chi connectivity index (χ3v) is 4.51. The Morgan fingerprint density at radius 2 is 2.08 bits per heavy atom. The lowest BCUT2D eigenvalue weighted by molar-refractivity contribution is -0.0282. The molecule has 1 fully saturated rings. The van der Waals surface area contributed by atoms with Crippen LogP contribution in [-0.2, 0) is 6.54 Å². The molecule has 1 aromatic carbocycles. The molecule has 0 amide bonds. The Balaban J connectivity index is 0.00000225. The highest BCUT2D eigenvalue weighted by molar-refractivity contribution is 14.0. The third kappa shape index (κ3) is 4.94. The van der Waals surface area contributed by atoms with E-state index in [4.69, 9.17) is 0 Å². The zero-order valence-electron chi connectivity index (χ0n) is 14.7. The maximum atomic E-state index is 10.2. The van der Waals surface area contributed by atoms with Gasteiger partial charge >= 0.3 is 0 Å². The molecule has 25 heavy (non-hydrogen) atoms. The molecule has 2 aromatic rings. The summed E-state index contributed by atoms with van der Waals surface area (Å²) in [6, 6.07) is 10.0. The Bertz CT molecular complexity index is 697. The van der Waals surface area contributed by atoms with Crippen molar-refractivity contribution in [2.75, 3.05) is 20.6 Å². The number of halogens is 1. The summed E-state index contributed by atoms with van der Waals surface area (Å²) >= 11 is 0. The average molecular weight is 455 g/mol. The normalized spacial score (nSPS) is 15.9. The first-order valence-corrected chi connectivity index (χ1v) is 8.33. The largest absolute Gasteiger partial charge is 0.388 e. The van der Waals surface area contributed by atoms with Gasteiger partial charge in [0.05, 0.1) is 17.5 Å². The second kappa shape index (κ2) is 8.66. The number of hydrogen-bond acceptors (Lipinski definition) is 3. The summed E-state index contributed by atoms with van der Waals surface area (Å²) in [6.07, 6.45) is 6.73. The van der Waals surface area contributed by atoms with Crippen LogP contribution in [-0.4, -0.2) is 52.0 Å². The molecule has 2 N–H and O–H groups in total. The van der Waals surface area contributed by atoms with Crippen LogP contribution < -0.4 is 5.32 Å². The number of guanidine groups is 1. The average Bonchev–Trinajstić information content (AvgIpc) is 3.03. The van der Waals surface area contributed by atoms with E-state index in [-0.39, 0.29) is 24.0 Å². The van der Waals surface area contributed by atoms with E-state index in [1.54, 1.807) is 7.05 Å². The summed E-state index contributed by atoms with van der Waals surface area (Å²) in [5.74, 6) is 0.780. The highest BCUT2D eigenvalue weighted by Crippen LogP contribution is 2.30. The number of hydrogen-bond donors (Lipinski definition) is 2. The summed E-state index contributed by atoms with van der Waals surface area (Å²) in [6.45, 7) is 1.25. The van der Waals surface area contributed by atoms with Gasteiger partial charge in [-0.1, -0.05) is 18.2 Å². The molecule has 6 nitrogen and oxygen atoms in total. The minimum atomic E-state index is -0.561. The Hall–Kier alpha value is -1.61. The van der Waals surface area contributed by atoms with Gasteiger partial charge in [-0.15, -0.1) is 24.0 Å². The van der Waals surface area contributed by atoms with Crippen molar-refractivity contribution < 1.29 is 5.11 Å². The van der Waals surface area contributed by atoms with E-state index in [1.807, 2.05) is 59.4 Å². The standard InChI is InChI=1S/C18H25N5O.HI/c1-19-17(20-14-18(24)9-6-10-18)22(2)12-15-11-21-23(13-15)16-7-4-3-5-8-16;/h3-5,7-8,11,13,24H,6,9-10,12,14H2,1-2H3,(H,19,20);1H. The maximum absolute atomic E-state index is 10.2. The maximum Gasteiger partial charge on any atom is 0.193 e. The van der Waals surface area contributed by atoms with Gasteiger partial charge in [0.2, 0.25) is 0 Å². The molecule has 0 radical (unpaired) electrons. The van der Waals surface area contributed by atoms with E-state index in [0.29, 0.717) is 13.1 Å². The van der Waals surface area contributed by atoms with Gasteiger partial charge in [0.15, 0.2) is 5.96 Å². The summed E-state index contributed by atoms with van der Waals surface area (Å²) in [4.78, 5) is 6.34. The van der Waals surface area contributed by atoms with Crippen molar-refractivity contribution in [2.45, 2.75) is 31.4 Å². The van der Waals surface area contributed by atoms with Crippen LogP contribution >= 0.6 is 24.0 Å². The van der Waals surface area contributed by atoms with E-state index < -0.39 is 5.60 Å². The van der Waals surface area contributed by atoms with Crippen LogP contribution in [0.15, 0.2) is 47.7 Å². The van der Waals surface area contributed by atoms with Gasteiger partial charge in [-0.3, -0.25) is 4.99 Å². The van der Waals surface area contributed by atoms with E-state index in [9.17, 15) is 5.11 Å². The molecule has 0 saturated heterocycles. The number of aliphatic imine (C=N–C) groups is 1. The molecule has 1 heterocycles. The first-order valence-electron chi connectivity index (χ1n) is 8.33. The van der Waals surface area contributed by atoms with Crippen LogP contribution in [0.4, 0.5) is 0 Å². The summed E-state index contributed by atoms with van der Waals surface area (Å²) in [7, 11) is 3.75. The highest BCUT2D eigenvalue weighted by Gasteiger charge is 2.34. The first-order chi connectivity index (χ1) is 11.6. The minimum absolute atomic E-state index is 0. The molecule has 3 rings (SSSR count). The Morgan fingerprint density at radius 3 is 2.68 bits per heavy atom. The van der Waals surface area contributed by atoms with Crippen LogP contribution in [0.2, 0.25) is 0 Å². The van der Waals surface area contributed by atoms with Gasteiger partial charge in [0, 0.05) is 38.9 Å². The number of rotatable bonds is 5. The number of para-hydroxylation sites is 1. The zero-order chi connectivity index (χ0) is 17.0. The molecule has 0 unspecified atom stereocenters. The molecule has 0 aliphatic heterocycles. The third-order valence-electron chi connectivity index (χ3n) is 4.51. The van der Waals surface area contributed by atoms with Crippen LogP contribution in [0, 0.1) is 0 Å². The summed E-state index contributed by atoms with van der Waals surface area (Å²) in [5.41, 5.74) is 1.59. The zero-order valence-corrected chi connectivity index (χ0v) is 17.1. The van der Waals surface area contributed by atoms with Gasteiger partial charge in [-0.2, -0.15) is 5.10 Å². The van der Waals surface area contributed by atoms with Crippen molar-refractivity contribution in [1.82, 2.24) is 20.0 Å². The van der Waals surface area contributed by atoms with Crippen LogP contribution in [0.5, 0.6) is 0 Å². The van der Waals surface area contributed by atoms with Crippen LogP contribution in [0.3, 0.4) is 0 Å².